The number of hydrogen-bond donors (Lipinski definition) is 7. The monoisotopic (exact) mass is 460 g/mol. The molecule has 3 amide bonds. The predicted octanol–water partition coefficient (Wildman–Crippen LogP) is -0.612. The molecule has 0 aliphatic carbocycles. The van der Waals surface area contributed by atoms with Gasteiger partial charge in [0.05, 0.1) is 12.7 Å². The van der Waals surface area contributed by atoms with Crippen LogP contribution in [0, 0.1) is 0 Å². The molecule has 0 aromatic rings. The predicted molar refractivity (Wildman–Crippen MR) is 118 cm³/mol. The molecule has 0 aromatic carbocycles. The van der Waals surface area contributed by atoms with Crippen molar-refractivity contribution in [3.63, 3.8) is 0 Å². The van der Waals surface area contributed by atoms with Crippen LogP contribution in [-0.4, -0.2) is 76.4 Å². The Balaban J connectivity index is 4.94. The molecule has 0 fully saturated rings. The molecule has 0 bridgehead atoms. The summed E-state index contributed by atoms with van der Waals surface area (Å²) in [5, 5.41) is 35.0. The summed E-state index contributed by atoms with van der Waals surface area (Å²) in [6.07, 6.45) is 5.73. The van der Waals surface area contributed by atoms with E-state index < -0.39 is 48.6 Å². The van der Waals surface area contributed by atoms with Gasteiger partial charge in [0, 0.05) is 6.42 Å². The van der Waals surface area contributed by atoms with Crippen LogP contribution < -0.4 is 21.7 Å². The number of carboxylic acid groups (broad SMARTS) is 1. The minimum Gasteiger partial charge on any atom is -0.480 e. The van der Waals surface area contributed by atoms with Gasteiger partial charge in [-0.1, -0.05) is 39.0 Å². The molecule has 0 heterocycles. The third-order valence-electron chi connectivity index (χ3n) is 4.97. The molecule has 0 saturated heterocycles. The first-order valence-corrected chi connectivity index (χ1v) is 11.3. The summed E-state index contributed by atoms with van der Waals surface area (Å²) in [6.45, 7) is 2.83. The second kappa shape index (κ2) is 17.3. The number of carbonyl (C=O) groups excluding carboxylic acids is 3. The first-order chi connectivity index (χ1) is 15.2. The molecule has 0 aliphatic rings. The van der Waals surface area contributed by atoms with Crippen LogP contribution in [0.3, 0.4) is 0 Å². The van der Waals surface area contributed by atoms with Crippen LogP contribution in [0.2, 0.25) is 0 Å². The van der Waals surface area contributed by atoms with E-state index in [1.807, 2.05) is 0 Å². The van der Waals surface area contributed by atoms with Crippen LogP contribution in [0.1, 0.15) is 71.6 Å². The van der Waals surface area contributed by atoms with Gasteiger partial charge in [-0.15, -0.1) is 0 Å². The lowest BCUT2D eigenvalue weighted by atomic mass is 10.1. The Morgan fingerprint density at radius 1 is 0.875 bits per heavy atom. The van der Waals surface area contributed by atoms with E-state index in [0.717, 1.165) is 32.1 Å². The van der Waals surface area contributed by atoms with E-state index in [-0.39, 0.29) is 18.7 Å². The number of nitrogens with two attached hydrogens (primary N) is 1. The van der Waals surface area contributed by atoms with Gasteiger partial charge in [-0.25, -0.2) is 4.79 Å². The van der Waals surface area contributed by atoms with Crippen molar-refractivity contribution in [2.24, 2.45) is 5.73 Å². The summed E-state index contributed by atoms with van der Waals surface area (Å²) in [5.74, 6) is -3.40. The highest BCUT2D eigenvalue weighted by Gasteiger charge is 2.31. The third-order valence-corrected chi connectivity index (χ3v) is 4.97. The fourth-order valence-electron chi connectivity index (χ4n) is 3.03. The van der Waals surface area contributed by atoms with Crippen LogP contribution in [0.25, 0.3) is 0 Å². The molecule has 186 valence electrons. The van der Waals surface area contributed by atoms with Gasteiger partial charge >= 0.3 is 5.97 Å². The number of unbranched alkanes of at least 4 members (excludes halogenated alkanes) is 5. The van der Waals surface area contributed by atoms with Crippen molar-refractivity contribution in [1.29, 1.82) is 0 Å². The zero-order valence-corrected chi connectivity index (χ0v) is 19.1. The summed E-state index contributed by atoms with van der Waals surface area (Å²) in [5.41, 5.74) is 5.51. The minimum absolute atomic E-state index is 0.243. The van der Waals surface area contributed by atoms with E-state index in [9.17, 15) is 24.3 Å². The Hall–Kier alpha value is -2.24. The maximum Gasteiger partial charge on any atom is 0.328 e. The number of nitrogens with one attached hydrogen (secondary N) is 3. The van der Waals surface area contributed by atoms with Crippen molar-refractivity contribution >= 4 is 23.7 Å². The molecule has 0 saturated carbocycles. The maximum atomic E-state index is 12.7. The van der Waals surface area contributed by atoms with Gasteiger partial charge in [0.1, 0.15) is 18.1 Å². The van der Waals surface area contributed by atoms with Crippen molar-refractivity contribution in [2.75, 3.05) is 13.2 Å². The molecule has 0 rings (SSSR count). The van der Waals surface area contributed by atoms with E-state index in [1.54, 1.807) is 0 Å². The molecule has 4 atom stereocenters. The molecule has 0 unspecified atom stereocenters. The van der Waals surface area contributed by atoms with Crippen molar-refractivity contribution in [1.82, 2.24) is 16.0 Å². The lowest BCUT2D eigenvalue weighted by Gasteiger charge is -2.25. The number of amides is 3. The van der Waals surface area contributed by atoms with Crippen molar-refractivity contribution in [3.05, 3.63) is 0 Å². The number of rotatable bonds is 18. The van der Waals surface area contributed by atoms with E-state index in [0.29, 0.717) is 19.4 Å². The molecule has 0 radical (unpaired) electrons. The molecule has 11 nitrogen and oxygen atoms in total. The van der Waals surface area contributed by atoms with E-state index in [4.69, 9.17) is 15.9 Å². The molecular formula is C21H40N4O7. The SMILES string of the molecule is CCCCCCCCC(=O)N[C@@H](CCCN)C(=O)N[C@H](C(=O)N[C@H](CO)C(=O)O)[C@@H](C)O. The lowest BCUT2D eigenvalue weighted by Crippen LogP contribution is -2.59. The van der Waals surface area contributed by atoms with E-state index >= 15 is 0 Å². The quantitative estimate of drug-likeness (QED) is 0.132. The number of hydrogen-bond acceptors (Lipinski definition) is 7. The molecule has 8 N–H and O–H groups in total. The van der Waals surface area contributed by atoms with Crippen LogP contribution in [0.15, 0.2) is 0 Å². The van der Waals surface area contributed by atoms with Gasteiger partial charge < -0.3 is 37.0 Å². The van der Waals surface area contributed by atoms with Crippen LogP contribution in [-0.2, 0) is 19.2 Å². The third kappa shape index (κ3) is 12.6. The molecular weight excluding hydrogens is 420 g/mol. The number of carboxylic acids is 1. The standard InChI is InChI=1S/C21H40N4O7/c1-3-4-5-6-7-8-11-17(28)23-15(10-9-12-22)19(29)25-18(14(2)27)20(30)24-16(13-26)21(31)32/h14-16,18,26-27H,3-13,22H2,1-2H3,(H,23,28)(H,24,30)(H,25,29)(H,31,32)/t14-,15+,16-,18+/m1/s1. The number of aliphatic hydroxyl groups excluding tert-OH is 2. The number of aliphatic carboxylic acids is 1. The lowest BCUT2D eigenvalue weighted by molar-refractivity contribution is -0.144. The fourth-order valence-corrected chi connectivity index (χ4v) is 3.03. The average Bonchev–Trinajstić information content (AvgIpc) is 2.74. The second-order valence-corrected chi connectivity index (χ2v) is 7.88. The molecule has 0 aliphatic heterocycles. The number of aliphatic hydroxyl groups is 2. The Morgan fingerprint density at radius 2 is 1.50 bits per heavy atom. The van der Waals surface area contributed by atoms with Crippen LogP contribution >= 0.6 is 0 Å². The fraction of sp³-hybridized carbons (Fsp3) is 0.810. The van der Waals surface area contributed by atoms with Crippen molar-refractivity contribution < 1.29 is 34.5 Å². The highest BCUT2D eigenvalue weighted by Crippen LogP contribution is 2.08. The smallest absolute Gasteiger partial charge is 0.328 e. The summed E-state index contributed by atoms with van der Waals surface area (Å²) in [4.78, 5) is 48.3. The largest absolute Gasteiger partial charge is 0.480 e. The van der Waals surface area contributed by atoms with Gasteiger partial charge in [0.15, 0.2) is 0 Å². The summed E-state index contributed by atoms with van der Waals surface area (Å²) >= 11 is 0. The van der Waals surface area contributed by atoms with Gasteiger partial charge in [-0.3, -0.25) is 14.4 Å². The summed E-state index contributed by atoms with van der Waals surface area (Å²) in [6, 6.07) is -3.99. The Labute approximate surface area is 189 Å². The van der Waals surface area contributed by atoms with Gasteiger partial charge in [-0.2, -0.15) is 0 Å². The van der Waals surface area contributed by atoms with E-state index in [1.165, 1.54) is 6.92 Å². The summed E-state index contributed by atoms with van der Waals surface area (Å²) in [7, 11) is 0. The van der Waals surface area contributed by atoms with Gasteiger partial charge in [0.2, 0.25) is 17.7 Å². The zero-order valence-electron chi connectivity index (χ0n) is 19.1. The van der Waals surface area contributed by atoms with Gasteiger partial charge in [-0.05, 0) is 32.7 Å². The Kier molecular flexibility index (Phi) is 16.1. The normalized spacial score (nSPS) is 14.7. The topological polar surface area (TPSA) is 191 Å². The first-order valence-electron chi connectivity index (χ1n) is 11.3. The van der Waals surface area contributed by atoms with E-state index in [2.05, 4.69) is 22.9 Å². The Bertz CT molecular complexity index is 586. The van der Waals surface area contributed by atoms with Crippen molar-refractivity contribution in [3.8, 4) is 0 Å². The zero-order chi connectivity index (χ0) is 24.5. The second-order valence-electron chi connectivity index (χ2n) is 7.88. The highest BCUT2D eigenvalue weighted by atomic mass is 16.4. The summed E-state index contributed by atoms with van der Waals surface area (Å²) < 4.78 is 0. The average molecular weight is 461 g/mol. The maximum absolute atomic E-state index is 12.7. The van der Waals surface area contributed by atoms with Gasteiger partial charge in [0.25, 0.3) is 0 Å². The first kappa shape index (κ1) is 29.8. The minimum atomic E-state index is -1.58. The molecule has 32 heavy (non-hydrogen) atoms. The molecule has 11 heteroatoms. The highest BCUT2D eigenvalue weighted by molar-refractivity contribution is 5.93. The van der Waals surface area contributed by atoms with Crippen LogP contribution in [0.4, 0.5) is 0 Å². The van der Waals surface area contributed by atoms with Crippen LogP contribution in [0.5, 0.6) is 0 Å². The Morgan fingerprint density at radius 3 is 2.03 bits per heavy atom. The molecule has 0 aromatic heterocycles. The number of carbonyl (C=O) groups is 4. The van der Waals surface area contributed by atoms with Crippen molar-refractivity contribution in [2.45, 2.75) is 95.9 Å². The molecule has 0 spiro atoms.